The van der Waals surface area contributed by atoms with E-state index in [0.29, 0.717) is 12.2 Å². The van der Waals surface area contributed by atoms with Crippen LogP contribution in [-0.2, 0) is 16.6 Å². The Morgan fingerprint density at radius 1 is 1.20 bits per heavy atom. The van der Waals surface area contributed by atoms with Gasteiger partial charge in [-0.3, -0.25) is 4.79 Å². The number of methoxy groups -OCH3 is 1. The summed E-state index contributed by atoms with van der Waals surface area (Å²) in [4.78, 5) is 12.3. The van der Waals surface area contributed by atoms with Gasteiger partial charge in [0, 0.05) is 17.3 Å². The predicted molar refractivity (Wildman–Crippen MR) is 80.2 cm³/mol. The summed E-state index contributed by atoms with van der Waals surface area (Å²) >= 11 is 0. The van der Waals surface area contributed by atoms with Crippen molar-refractivity contribution in [2.45, 2.75) is 45.4 Å². The summed E-state index contributed by atoms with van der Waals surface area (Å²) in [5, 5.41) is 0. The SMILES string of the molecule is COc1ccc2c(c1)C1(C)CCC(=O)C(C)(C)C1=CC2. The molecule has 0 aromatic heterocycles. The maximum absolute atomic E-state index is 12.3. The number of hydrogen-bond donors (Lipinski definition) is 0. The third-order valence-electron chi connectivity index (χ3n) is 5.25. The Hall–Kier alpha value is -1.57. The Morgan fingerprint density at radius 2 is 1.95 bits per heavy atom. The van der Waals surface area contributed by atoms with E-state index in [9.17, 15) is 4.79 Å². The lowest BCUT2D eigenvalue weighted by molar-refractivity contribution is -0.127. The molecule has 3 rings (SSSR count). The van der Waals surface area contributed by atoms with Crippen molar-refractivity contribution in [2.75, 3.05) is 7.11 Å². The summed E-state index contributed by atoms with van der Waals surface area (Å²) in [6, 6.07) is 6.35. The smallest absolute Gasteiger partial charge is 0.142 e. The van der Waals surface area contributed by atoms with Gasteiger partial charge < -0.3 is 4.74 Å². The van der Waals surface area contributed by atoms with Crippen LogP contribution in [0, 0.1) is 5.41 Å². The average Bonchev–Trinajstić information content (AvgIpc) is 2.43. The summed E-state index contributed by atoms with van der Waals surface area (Å²) in [6.45, 7) is 6.43. The number of rotatable bonds is 1. The van der Waals surface area contributed by atoms with Crippen LogP contribution in [0.15, 0.2) is 29.8 Å². The number of ketones is 1. The van der Waals surface area contributed by atoms with Crippen molar-refractivity contribution in [3.8, 4) is 5.75 Å². The highest BCUT2D eigenvalue weighted by molar-refractivity contribution is 5.90. The molecule has 0 N–H and O–H groups in total. The van der Waals surface area contributed by atoms with E-state index < -0.39 is 0 Å². The fourth-order valence-electron chi connectivity index (χ4n) is 4.00. The van der Waals surface area contributed by atoms with E-state index in [1.165, 1.54) is 16.7 Å². The summed E-state index contributed by atoms with van der Waals surface area (Å²) in [7, 11) is 1.71. The second kappa shape index (κ2) is 4.21. The van der Waals surface area contributed by atoms with Gasteiger partial charge in [-0.05, 0) is 49.9 Å². The van der Waals surface area contributed by atoms with Gasteiger partial charge in [0.2, 0.25) is 0 Å². The molecule has 106 valence electrons. The van der Waals surface area contributed by atoms with Crippen molar-refractivity contribution >= 4 is 5.78 Å². The summed E-state index contributed by atoms with van der Waals surface area (Å²) in [5.41, 5.74) is 3.63. The maximum atomic E-state index is 12.3. The number of fused-ring (bicyclic) bond motifs is 3. The van der Waals surface area contributed by atoms with Gasteiger partial charge in [0.25, 0.3) is 0 Å². The topological polar surface area (TPSA) is 26.3 Å². The van der Waals surface area contributed by atoms with Crippen LogP contribution in [0.25, 0.3) is 0 Å². The van der Waals surface area contributed by atoms with E-state index in [2.05, 4.69) is 39.0 Å². The van der Waals surface area contributed by atoms with Crippen LogP contribution in [0.4, 0.5) is 0 Å². The molecule has 0 spiro atoms. The van der Waals surface area contributed by atoms with Gasteiger partial charge in [0.1, 0.15) is 11.5 Å². The van der Waals surface area contributed by atoms with Crippen molar-refractivity contribution in [1.29, 1.82) is 0 Å². The Kier molecular flexibility index (Phi) is 2.82. The quantitative estimate of drug-likeness (QED) is 0.725. The molecule has 0 radical (unpaired) electrons. The molecule has 20 heavy (non-hydrogen) atoms. The van der Waals surface area contributed by atoms with E-state index in [-0.39, 0.29) is 10.8 Å². The van der Waals surface area contributed by atoms with Crippen molar-refractivity contribution < 1.29 is 9.53 Å². The lowest BCUT2D eigenvalue weighted by atomic mass is 9.55. The van der Waals surface area contributed by atoms with Gasteiger partial charge in [-0.2, -0.15) is 0 Å². The van der Waals surface area contributed by atoms with Gasteiger partial charge in [0.05, 0.1) is 7.11 Å². The van der Waals surface area contributed by atoms with Crippen LogP contribution in [0.2, 0.25) is 0 Å². The fourth-order valence-corrected chi connectivity index (χ4v) is 4.00. The monoisotopic (exact) mass is 270 g/mol. The molecule has 1 fully saturated rings. The molecule has 0 saturated heterocycles. The third-order valence-corrected chi connectivity index (χ3v) is 5.25. The minimum absolute atomic E-state index is 0.0282. The highest BCUT2D eigenvalue weighted by Crippen LogP contribution is 2.53. The summed E-state index contributed by atoms with van der Waals surface area (Å²) in [6.07, 6.45) is 4.77. The zero-order valence-electron chi connectivity index (χ0n) is 12.7. The van der Waals surface area contributed by atoms with E-state index in [1.807, 2.05) is 6.07 Å². The second-order valence-electron chi connectivity index (χ2n) is 6.73. The molecule has 1 aromatic carbocycles. The molecule has 0 aliphatic heterocycles. The normalized spacial score (nSPS) is 27.4. The van der Waals surface area contributed by atoms with E-state index in [0.717, 1.165) is 18.6 Å². The lowest BCUT2D eigenvalue weighted by Crippen LogP contribution is -2.45. The molecular formula is C18H22O2. The first kappa shape index (κ1) is 13.4. The predicted octanol–water partition coefficient (Wildman–Crippen LogP) is 3.82. The average molecular weight is 270 g/mol. The number of Topliss-reactive ketones (excluding diaryl/α,β-unsaturated/α-hetero) is 1. The highest BCUT2D eigenvalue weighted by atomic mass is 16.5. The van der Waals surface area contributed by atoms with Gasteiger partial charge in [-0.1, -0.05) is 24.6 Å². The molecule has 0 amide bonds. The lowest BCUT2D eigenvalue weighted by Gasteiger charge is -2.48. The molecular weight excluding hydrogens is 248 g/mol. The Balaban J connectivity index is 2.17. The third kappa shape index (κ3) is 1.67. The molecule has 2 aliphatic carbocycles. The van der Waals surface area contributed by atoms with Crippen molar-refractivity contribution in [3.05, 3.63) is 41.0 Å². The zero-order valence-corrected chi connectivity index (χ0v) is 12.7. The van der Waals surface area contributed by atoms with E-state index in [1.54, 1.807) is 7.11 Å². The number of carbonyl (C=O) groups excluding carboxylic acids is 1. The van der Waals surface area contributed by atoms with Crippen molar-refractivity contribution in [2.24, 2.45) is 5.41 Å². The molecule has 2 nitrogen and oxygen atoms in total. The Morgan fingerprint density at radius 3 is 2.65 bits per heavy atom. The van der Waals surface area contributed by atoms with Crippen molar-refractivity contribution in [3.63, 3.8) is 0 Å². The fraction of sp³-hybridized carbons (Fsp3) is 0.500. The summed E-state index contributed by atoms with van der Waals surface area (Å²) in [5.74, 6) is 1.27. The van der Waals surface area contributed by atoms with Crippen LogP contribution in [0.1, 0.15) is 44.7 Å². The van der Waals surface area contributed by atoms with Crippen molar-refractivity contribution in [1.82, 2.24) is 0 Å². The molecule has 1 aromatic rings. The molecule has 1 saturated carbocycles. The van der Waals surface area contributed by atoms with Crippen LogP contribution in [0.3, 0.4) is 0 Å². The number of allylic oxidation sites excluding steroid dienone is 2. The van der Waals surface area contributed by atoms with Gasteiger partial charge >= 0.3 is 0 Å². The first-order valence-electron chi connectivity index (χ1n) is 7.31. The Labute approximate surface area is 120 Å². The minimum atomic E-state index is -0.340. The number of carbonyl (C=O) groups is 1. The van der Waals surface area contributed by atoms with Gasteiger partial charge in [0.15, 0.2) is 0 Å². The van der Waals surface area contributed by atoms with E-state index in [4.69, 9.17) is 4.74 Å². The van der Waals surface area contributed by atoms with Crippen LogP contribution >= 0.6 is 0 Å². The molecule has 0 heterocycles. The second-order valence-corrected chi connectivity index (χ2v) is 6.73. The number of hydrogen-bond acceptors (Lipinski definition) is 2. The van der Waals surface area contributed by atoms with Crippen LogP contribution < -0.4 is 4.74 Å². The molecule has 1 unspecified atom stereocenters. The number of benzene rings is 1. The minimum Gasteiger partial charge on any atom is -0.497 e. The zero-order chi connectivity index (χ0) is 14.5. The maximum Gasteiger partial charge on any atom is 0.142 e. The van der Waals surface area contributed by atoms with Crippen LogP contribution in [-0.4, -0.2) is 12.9 Å². The summed E-state index contributed by atoms with van der Waals surface area (Å²) < 4.78 is 5.39. The Bertz CT molecular complexity index is 610. The molecule has 2 aliphatic rings. The van der Waals surface area contributed by atoms with E-state index >= 15 is 0 Å². The standard InChI is InChI=1S/C18H22O2/c1-17(2)15-8-6-12-5-7-13(20-4)11-14(12)18(15,3)10-9-16(17)19/h5,7-8,11H,6,9-10H2,1-4H3. The largest absolute Gasteiger partial charge is 0.497 e. The molecule has 2 heteroatoms. The van der Waals surface area contributed by atoms with Gasteiger partial charge in [-0.15, -0.1) is 0 Å². The number of ether oxygens (including phenoxy) is 1. The van der Waals surface area contributed by atoms with Gasteiger partial charge in [-0.25, -0.2) is 0 Å². The first-order valence-corrected chi connectivity index (χ1v) is 7.31. The first-order chi connectivity index (χ1) is 9.39. The molecule has 1 atom stereocenters. The highest BCUT2D eigenvalue weighted by Gasteiger charge is 2.49. The van der Waals surface area contributed by atoms with Crippen LogP contribution in [0.5, 0.6) is 5.75 Å². The molecule has 0 bridgehead atoms.